The van der Waals surface area contributed by atoms with Gasteiger partial charge in [0.1, 0.15) is 19.2 Å². The highest BCUT2D eigenvalue weighted by molar-refractivity contribution is 6.32. The van der Waals surface area contributed by atoms with Gasteiger partial charge in [0.2, 0.25) is 0 Å². The summed E-state index contributed by atoms with van der Waals surface area (Å²) in [4.78, 5) is 15.5. The Morgan fingerprint density at radius 1 is 1.46 bits per heavy atom. The van der Waals surface area contributed by atoms with Gasteiger partial charge in [0.15, 0.2) is 0 Å². The molecule has 2 aromatic rings. The Morgan fingerprint density at radius 2 is 2.23 bits per heavy atom. The third-order valence-corrected chi connectivity index (χ3v) is 1.88. The van der Waals surface area contributed by atoms with Gasteiger partial charge >= 0.3 is 0 Å². The van der Waals surface area contributed by atoms with Crippen molar-refractivity contribution in [2.75, 3.05) is 5.73 Å². The Kier molecular flexibility index (Phi) is 1.58. The summed E-state index contributed by atoms with van der Waals surface area (Å²) < 4.78 is 1.45. The number of nitrogen functional groups attached to an aromatic ring is 1. The summed E-state index contributed by atoms with van der Waals surface area (Å²) in [5.41, 5.74) is 7.01. The smallest absolute Gasteiger partial charge is 0.280 e. The lowest BCUT2D eigenvalue weighted by molar-refractivity contribution is 1.06. The van der Waals surface area contributed by atoms with Crippen LogP contribution in [-0.4, -0.2) is 17.2 Å². The number of hydrogen-bond acceptors (Lipinski definition) is 3. The van der Waals surface area contributed by atoms with Gasteiger partial charge in [-0.15, -0.1) is 0 Å². The van der Waals surface area contributed by atoms with Crippen molar-refractivity contribution in [2.45, 2.75) is 0 Å². The van der Waals surface area contributed by atoms with Gasteiger partial charge in [-0.3, -0.25) is 9.20 Å². The van der Waals surface area contributed by atoms with Crippen LogP contribution in [0.3, 0.4) is 0 Å². The molecule has 0 aromatic carbocycles. The van der Waals surface area contributed by atoms with E-state index >= 15 is 0 Å². The van der Waals surface area contributed by atoms with Crippen LogP contribution >= 0.6 is 0 Å². The van der Waals surface area contributed by atoms with E-state index in [9.17, 15) is 4.79 Å². The summed E-state index contributed by atoms with van der Waals surface area (Å²) in [5.74, 6) is 0. The molecular formula is C8H8BN3O. The van der Waals surface area contributed by atoms with Gasteiger partial charge in [-0.05, 0) is 6.07 Å². The highest BCUT2D eigenvalue weighted by atomic mass is 16.1. The second-order valence-corrected chi connectivity index (χ2v) is 2.95. The van der Waals surface area contributed by atoms with Crippen molar-refractivity contribution < 1.29 is 0 Å². The maximum atomic E-state index is 11.5. The van der Waals surface area contributed by atoms with E-state index in [4.69, 9.17) is 5.73 Å². The Balaban J connectivity index is 2.97. The zero-order valence-electron chi connectivity index (χ0n) is 7.19. The third kappa shape index (κ3) is 1.18. The van der Waals surface area contributed by atoms with Crippen LogP contribution in [0.5, 0.6) is 0 Å². The molecule has 0 bridgehead atoms. The van der Waals surface area contributed by atoms with Crippen LogP contribution in [0.1, 0.15) is 0 Å². The minimum absolute atomic E-state index is 0.170. The highest BCUT2D eigenvalue weighted by Gasteiger charge is 1.99. The number of aromatic nitrogens is 2. The minimum atomic E-state index is -0.214. The molecular weight excluding hydrogens is 165 g/mol. The molecule has 2 N–H and O–H groups in total. The molecule has 0 amide bonds. The lowest BCUT2D eigenvalue weighted by Crippen LogP contribution is -2.21. The number of pyridine rings is 1. The first kappa shape index (κ1) is 7.85. The van der Waals surface area contributed by atoms with E-state index in [0.29, 0.717) is 5.65 Å². The van der Waals surface area contributed by atoms with Crippen molar-refractivity contribution in [2.24, 2.45) is 0 Å². The average molecular weight is 173 g/mol. The molecule has 5 heteroatoms. The summed E-state index contributed by atoms with van der Waals surface area (Å²) in [6.45, 7) is 0. The van der Waals surface area contributed by atoms with E-state index in [-0.39, 0.29) is 11.2 Å². The first-order chi connectivity index (χ1) is 6.18. The second-order valence-electron chi connectivity index (χ2n) is 2.95. The van der Waals surface area contributed by atoms with Gasteiger partial charge in [0, 0.05) is 6.20 Å². The molecule has 0 aliphatic rings. The molecule has 0 fully saturated rings. The molecule has 0 saturated carbocycles. The molecule has 4 nitrogen and oxygen atoms in total. The molecule has 13 heavy (non-hydrogen) atoms. The fraction of sp³-hybridized carbons (Fsp3) is 0. The van der Waals surface area contributed by atoms with Crippen LogP contribution in [0.2, 0.25) is 0 Å². The molecule has 0 aliphatic heterocycles. The standard InChI is InChI=1S/C8H8BN3O/c9-5-1-2-7-11-3-6(10)8(13)12(7)4-5/h1-4H,9-10H2. The van der Waals surface area contributed by atoms with E-state index in [0.717, 1.165) is 5.46 Å². The van der Waals surface area contributed by atoms with E-state index < -0.39 is 0 Å². The summed E-state index contributed by atoms with van der Waals surface area (Å²) in [6.07, 6.45) is 3.11. The number of rotatable bonds is 0. The van der Waals surface area contributed by atoms with Crippen molar-refractivity contribution in [1.29, 1.82) is 0 Å². The van der Waals surface area contributed by atoms with Gasteiger partial charge in [-0.25, -0.2) is 4.98 Å². The molecule has 0 aliphatic carbocycles. The maximum absolute atomic E-state index is 11.5. The van der Waals surface area contributed by atoms with Gasteiger partial charge in [0.05, 0.1) is 6.20 Å². The van der Waals surface area contributed by atoms with Crippen molar-refractivity contribution in [3.05, 3.63) is 34.9 Å². The van der Waals surface area contributed by atoms with Gasteiger partial charge in [-0.2, -0.15) is 0 Å². The summed E-state index contributed by atoms with van der Waals surface area (Å²) >= 11 is 0. The summed E-state index contributed by atoms with van der Waals surface area (Å²) in [5, 5.41) is 0. The SMILES string of the molecule is Bc1ccc2ncc(N)c(=O)n2c1. The van der Waals surface area contributed by atoms with Crippen molar-refractivity contribution in [1.82, 2.24) is 9.38 Å². The Hall–Kier alpha value is -1.78. The van der Waals surface area contributed by atoms with Crippen molar-refractivity contribution in [3.63, 3.8) is 0 Å². The fourth-order valence-corrected chi connectivity index (χ4v) is 1.20. The number of anilines is 1. The fourth-order valence-electron chi connectivity index (χ4n) is 1.20. The van der Waals surface area contributed by atoms with Gasteiger partial charge in [-0.1, -0.05) is 11.5 Å². The molecule has 0 radical (unpaired) electrons. The summed E-state index contributed by atoms with van der Waals surface area (Å²) in [7, 11) is 1.91. The Bertz CT molecular complexity index is 515. The quantitative estimate of drug-likeness (QED) is 0.495. The van der Waals surface area contributed by atoms with E-state index in [2.05, 4.69) is 4.98 Å². The topological polar surface area (TPSA) is 60.4 Å². The van der Waals surface area contributed by atoms with E-state index in [1.54, 1.807) is 12.3 Å². The van der Waals surface area contributed by atoms with Crippen LogP contribution in [-0.2, 0) is 0 Å². The van der Waals surface area contributed by atoms with E-state index in [1.807, 2.05) is 13.9 Å². The van der Waals surface area contributed by atoms with Crippen LogP contribution < -0.4 is 16.8 Å². The molecule has 2 rings (SSSR count). The van der Waals surface area contributed by atoms with Crippen LogP contribution in [0.25, 0.3) is 5.65 Å². The first-order valence-electron chi connectivity index (χ1n) is 3.92. The van der Waals surface area contributed by atoms with Crippen molar-refractivity contribution >= 4 is 24.6 Å². The molecule has 64 valence electrons. The Labute approximate surface area is 75.4 Å². The number of hydrogen-bond donors (Lipinski definition) is 1. The zero-order valence-corrected chi connectivity index (χ0v) is 7.19. The lowest BCUT2D eigenvalue weighted by atomic mass is 9.99. The Morgan fingerprint density at radius 3 is 3.00 bits per heavy atom. The average Bonchev–Trinajstić information content (AvgIpc) is 2.12. The van der Waals surface area contributed by atoms with Crippen molar-refractivity contribution in [3.8, 4) is 0 Å². The monoisotopic (exact) mass is 173 g/mol. The normalized spacial score (nSPS) is 10.5. The van der Waals surface area contributed by atoms with E-state index in [1.165, 1.54) is 10.6 Å². The first-order valence-corrected chi connectivity index (χ1v) is 3.92. The number of fused-ring (bicyclic) bond motifs is 1. The minimum Gasteiger partial charge on any atom is -0.393 e. The lowest BCUT2D eigenvalue weighted by Gasteiger charge is -2.01. The van der Waals surface area contributed by atoms with Crippen LogP contribution in [0.4, 0.5) is 5.69 Å². The molecule has 0 atom stereocenters. The van der Waals surface area contributed by atoms with Gasteiger partial charge < -0.3 is 5.73 Å². The predicted molar refractivity (Wildman–Crippen MR) is 54.1 cm³/mol. The predicted octanol–water partition coefficient (Wildman–Crippen LogP) is -1.46. The maximum Gasteiger partial charge on any atom is 0.280 e. The molecule has 0 unspecified atom stereocenters. The highest BCUT2D eigenvalue weighted by Crippen LogP contribution is 1.95. The third-order valence-electron chi connectivity index (χ3n) is 1.88. The summed E-state index contributed by atoms with van der Waals surface area (Å²) in [6, 6.07) is 3.69. The number of nitrogens with zero attached hydrogens (tertiary/aromatic N) is 2. The number of nitrogens with two attached hydrogens (primary N) is 1. The molecule has 2 heterocycles. The largest absolute Gasteiger partial charge is 0.393 e. The van der Waals surface area contributed by atoms with Crippen LogP contribution in [0, 0.1) is 0 Å². The van der Waals surface area contributed by atoms with Crippen LogP contribution in [0.15, 0.2) is 29.3 Å². The van der Waals surface area contributed by atoms with Gasteiger partial charge in [0.25, 0.3) is 5.56 Å². The second kappa shape index (κ2) is 2.62. The molecule has 0 spiro atoms. The zero-order chi connectivity index (χ0) is 9.42. The molecule has 0 saturated heterocycles. The molecule has 2 aromatic heterocycles.